The third-order valence-corrected chi connectivity index (χ3v) is 6.20. The monoisotopic (exact) mass is 505 g/mol. The van der Waals surface area contributed by atoms with E-state index in [2.05, 4.69) is 10.3 Å². The molecule has 1 atom stereocenters. The molecular weight excluding hydrogens is 482 g/mol. The van der Waals surface area contributed by atoms with Crippen LogP contribution in [0.3, 0.4) is 0 Å². The van der Waals surface area contributed by atoms with Crippen LogP contribution < -0.4 is 11.1 Å². The number of hydrogen-bond donors (Lipinski definition) is 2. The molecule has 1 aliphatic rings. The Kier molecular flexibility index (Phi) is 8.43. The molecule has 2 heterocycles. The Hall–Kier alpha value is -3.21. The number of hydrogen-bond acceptors (Lipinski definition) is 9. The lowest BCUT2D eigenvalue weighted by atomic mass is 9.80. The van der Waals surface area contributed by atoms with Crippen LogP contribution in [0.1, 0.15) is 40.8 Å². The molecule has 0 spiro atoms. The zero-order valence-electron chi connectivity index (χ0n) is 18.8. The van der Waals surface area contributed by atoms with Crippen LogP contribution in [0.4, 0.5) is 0 Å². The van der Waals surface area contributed by atoms with Crippen LogP contribution in [0.15, 0.2) is 52.2 Å². The van der Waals surface area contributed by atoms with Crippen molar-refractivity contribution in [1.82, 2.24) is 10.3 Å². The maximum absolute atomic E-state index is 13.1. The number of aromatic nitrogens is 1. The second kappa shape index (κ2) is 11.3. The van der Waals surface area contributed by atoms with Crippen LogP contribution in [-0.2, 0) is 30.4 Å². The predicted octanol–water partition coefficient (Wildman–Crippen LogP) is 3.06. The molecule has 9 nitrogen and oxygen atoms in total. The molecule has 2 aromatic rings. The first-order valence-electron chi connectivity index (χ1n) is 10.3. The first-order valence-corrected chi connectivity index (χ1v) is 11.6. The number of halogens is 1. The number of rotatable bonds is 9. The summed E-state index contributed by atoms with van der Waals surface area (Å²) >= 11 is 7.71. The molecule has 0 radical (unpaired) electrons. The highest BCUT2D eigenvalue weighted by Gasteiger charge is 2.39. The number of methoxy groups -OCH3 is 1. The zero-order valence-corrected chi connectivity index (χ0v) is 20.4. The second-order valence-electron chi connectivity index (χ2n) is 7.21. The van der Waals surface area contributed by atoms with Crippen molar-refractivity contribution in [1.29, 1.82) is 0 Å². The van der Waals surface area contributed by atoms with Crippen LogP contribution in [0.5, 0.6) is 0 Å². The maximum atomic E-state index is 13.1. The van der Waals surface area contributed by atoms with E-state index in [4.69, 9.17) is 31.5 Å². The Bertz CT molecular complexity index is 1170. The molecule has 3 rings (SSSR count). The zero-order chi connectivity index (χ0) is 24.8. The van der Waals surface area contributed by atoms with E-state index in [0.29, 0.717) is 27.0 Å². The number of ether oxygens (including phenoxy) is 3. The minimum absolute atomic E-state index is 0.0215. The molecule has 1 aliphatic heterocycles. The quantitative estimate of drug-likeness (QED) is 0.497. The molecule has 0 fully saturated rings. The molecule has 3 N–H and O–H groups in total. The summed E-state index contributed by atoms with van der Waals surface area (Å²) < 4.78 is 16.1. The Labute approximate surface area is 205 Å². The minimum atomic E-state index is -0.832. The van der Waals surface area contributed by atoms with Crippen molar-refractivity contribution in [3.8, 4) is 0 Å². The van der Waals surface area contributed by atoms with Crippen molar-refractivity contribution in [2.45, 2.75) is 26.4 Å². The lowest BCUT2D eigenvalue weighted by Crippen LogP contribution is -2.34. The van der Waals surface area contributed by atoms with Gasteiger partial charge < -0.3 is 25.3 Å². The Morgan fingerprint density at radius 2 is 1.91 bits per heavy atom. The lowest BCUT2D eigenvalue weighted by molar-refractivity contribution is -0.139. The molecule has 0 bridgehead atoms. The van der Waals surface area contributed by atoms with Gasteiger partial charge in [-0.15, -0.1) is 11.3 Å². The fraction of sp³-hybridized carbons (Fsp3) is 0.304. The molecule has 0 aliphatic carbocycles. The third kappa shape index (κ3) is 5.46. The maximum Gasteiger partial charge on any atom is 0.336 e. The predicted molar refractivity (Wildman–Crippen MR) is 126 cm³/mol. The first kappa shape index (κ1) is 25.4. The molecule has 180 valence electrons. The van der Waals surface area contributed by atoms with Crippen molar-refractivity contribution in [2.24, 2.45) is 5.73 Å². The topological polar surface area (TPSA) is 130 Å². The van der Waals surface area contributed by atoms with Crippen molar-refractivity contribution in [2.75, 3.05) is 20.3 Å². The van der Waals surface area contributed by atoms with Crippen LogP contribution in [0.2, 0.25) is 5.02 Å². The average molecular weight is 506 g/mol. The summed E-state index contributed by atoms with van der Waals surface area (Å²) in [5, 5.41) is 5.58. The van der Waals surface area contributed by atoms with Gasteiger partial charge in [0.1, 0.15) is 10.7 Å². The number of thiazole rings is 1. The number of primary amides is 1. The van der Waals surface area contributed by atoms with Gasteiger partial charge in [-0.2, -0.15) is 0 Å². The smallest absolute Gasteiger partial charge is 0.336 e. The second-order valence-corrected chi connectivity index (χ2v) is 8.56. The SMILES string of the molecule is CCOC(=O)C1=C(COCc2nc(C(N)=O)cs2)NC(C)=C(C(=O)OC)C1c1ccccc1Cl. The number of esters is 2. The summed E-state index contributed by atoms with van der Waals surface area (Å²) in [5.41, 5.74) is 7.30. The van der Waals surface area contributed by atoms with E-state index in [-0.39, 0.29) is 36.7 Å². The Balaban J connectivity index is 2.01. The van der Waals surface area contributed by atoms with E-state index in [1.54, 1.807) is 43.5 Å². The van der Waals surface area contributed by atoms with E-state index in [9.17, 15) is 14.4 Å². The number of carbonyl (C=O) groups is 3. The molecule has 1 unspecified atom stereocenters. The Morgan fingerprint density at radius 1 is 1.18 bits per heavy atom. The van der Waals surface area contributed by atoms with Crippen LogP contribution in [0, 0.1) is 0 Å². The molecular formula is C23H24ClN3O6S. The molecule has 1 amide bonds. The van der Waals surface area contributed by atoms with Gasteiger partial charge in [-0.1, -0.05) is 29.8 Å². The van der Waals surface area contributed by atoms with Crippen LogP contribution in [0.25, 0.3) is 0 Å². The van der Waals surface area contributed by atoms with E-state index in [1.807, 2.05) is 0 Å². The van der Waals surface area contributed by atoms with Gasteiger partial charge in [0.15, 0.2) is 0 Å². The average Bonchev–Trinajstić information content (AvgIpc) is 3.28. The molecule has 0 saturated carbocycles. The summed E-state index contributed by atoms with van der Waals surface area (Å²) in [5.74, 6) is -2.67. The van der Waals surface area contributed by atoms with Gasteiger partial charge in [-0.05, 0) is 25.5 Å². The summed E-state index contributed by atoms with van der Waals surface area (Å²) in [7, 11) is 1.27. The normalized spacial score (nSPS) is 15.7. The summed E-state index contributed by atoms with van der Waals surface area (Å²) in [6.07, 6.45) is 0. The standard InChI is InChI=1S/C23H24ClN3O6S/c1-4-33-23(30)20-15(9-32-10-17-27-16(11-34-17)21(25)28)26-12(2)18(22(29)31-3)19(20)13-7-5-6-8-14(13)24/h5-8,11,19,26H,4,9-10H2,1-3H3,(H2,25,28). The highest BCUT2D eigenvalue weighted by Crippen LogP contribution is 2.41. The van der Waals surface area contributed by atoms with Gasteiger partial charge >= 0.3 is 11.9 Å². The number of allylic oxidation sites excluding steroid dienone is 1. The van der Waals surface area contributed by atoms with Crippen molar-refractivity contribution in [3.05, 3.63) is 73.5 Å². The van der Waals surface area contributed by atoms with Gasteiger partial charge in [0.2, 0.25) is 0 Å². The first-order chi connectivity index (χ1) is 16.3. The van der Waals surface area contributed by atoms with Crippen molar-refractivity contribution < 1.29 is 28.6 Å². The third-order valence-electron chi connectivity index (χ3n) is 5.04. The van der Waals surface area contributed by atoms with Gasteiger partial charge in [-0.25, -0.2) is 14.6 Å². The molecule has 34 heavy (non-hydrogen) atoms. The number of nitrogens with zero attached hydrogens (tertiary/aromatic N) is 1. The number of amides is 1. The van der Waals surface area contributed by atoms with E-state index >= 15 is 0 Å². The van der Waals surface area contributed by atoms with Crippen LogP contribution >= 0.6 is 22.9 Å². The fourth-order valence-electron chi connectivity index (χ4n) is 3.59. The molecule has 0 saturated heterocycles. The highest BCUT2D eigenvalue weighted by molar-refractivity contribution is 7.09. The van der Waals surface area contributed by atoms with Crippen molar-refractivity contribution in [3.63, 3.8) is 0 Å². The molecule has 11 heteroatoms. The molecule has 1 aromatic carbocycles. The van der Waals surface area contributed by atoms with E-state index in [0.717, 1.165) is 0 Å². The van der Waals surface area contributed by atoms with Crippen LogP contribution in [-0.4, -0.2) is 43.2 Å². The number of carbonyl (C=O) groups excluding carboxylic acids is 3. The van der Waals surface area contributed by atoms with Gasteiger partial charge in [0.25, 0.3) is 5.91 Å². The minimum Gasteiger partial charge on any atom is -0.466 e. The number of dihydropyridines is 1. The number of benzene rings is 1. The van der Waals surface area contributed by atoms with E-state index in [1.165, 1.54) is 18.4 Å². The molecule has 1 aromatic heterocycles. The van der Waals surface area contributed by atoms with Crippen molar-refractivity contribution >= 4 is 40.8 Å². The van der Waals surface area contributed by atoms with Gasteiger partial charge in [0.05, 0.1) is 49.7 Å². The fourth-order valence-corrected chi connectivity index (χ4v) is 4.56. The summed E-state index contributed by atoms with van der Waals surface area (Å²) in [4.78, 5) is 41.2. The van der Waals surface area contributed by atoms with Gasteiger partial charge in [-0.3, -0.25) is 4.79 Å². The lowest BCUT2D eigenvalue weighted by Gasteiger charge is -2.31. The van der Waals surface area contributed by atoms with Gasteiger partial charge in [0, 0.05) is 16.1 Å². The highest BCUT2D eigenvalue weighted by atomic mass is 35.5. The van der Waals surface area contributed by atoms with E-state index < -0.39 is 23.8 Å². The Morgan fingerprint density at radius 3 is 2.53 bits per heavy atom. The summed E-state index contributed by atoms with van der Waals surface area (Å²) in [6.45, 7) is 3.60. The number of nitrogens with one attached hydrogen (secondary N) is 1. The summed E-state index contributed by atoms with van der Waals surface area (Å²) in [6, 6.07) is 6.95. The number of nitrogens with two attached hydrogens (primary N) is 1. The largest absolute Gasteiger partial charge is 0.466 e.